The molecule has 0 radical (unpaired) electrons. The predicted octanol–water partition coefficient (Wildman–Crippen LogP) is 2.07. The second kappa shape index (κ2) is 4.86. The van der Waals surface area contributed by atoms with E-state index in [2.05, 4.69) is 0 Å². The van der Waals surface area contributed by atoms with Gasteiger partial charge in [-0.05, 0) is 24.6 Å². The van der Waals surface area contributed by atoms with Crippen molar-refractivity contribution in [2.45, 2.75) is 12.3 Å². The molecule has 0 aliphatic rings. The predicted molar refractivity (Wildman–Crippen MR) is 54.0 cm³/mol. The Hall–Kier alpha value is -1.22. The van der Waals surface area contributed by atoms with Crippen molar-refractivity contribution in [3.63, 3.8) is 0 Å². The molecular weight excluding hydrogens is 204 g/mol. The summed E-state index contributed by atoms with van der Waals surface area (Å²) >= 11 is 5.48. The SMILES string of the molecule is Cc1cccc(OCC(Cl)C(=O)O)c1. The number of carboxylic acids is 1. The van der Waals surface area contributed by atoms with E-state index < -0.39 is 11.3 Å². The van der Waals surface area contributed by atoms with Crippen molar-refractivity contribution >= 4 is 17.6 Å². The molecule has 1 N–H and O–H groups in total. The van der Waals surface area contributed by atoms with Gasteiger partial charge in [0.15, 0.2) is 5.38 Å². The Morgan fingerprint density at radius 2 is 2.36 bits per heavy atom. The zero-order valence-corrected chi connectivity index (χ0v) is 8.49. The molecule has 1 atom stereocenters. The van der Waals surface area contributed by atoms with Crippen molar-refractivity contribution in [3.05, 3.63) is 29.8 Å². The van der Waals surface area contributed by atoms with Crippen LogP contribution in [-0.4, -0.2) is 23.1 Å². The first-order chi connectivity index (χ1) is 6.59. The van der Waals surface area contributed by atoms with Crippen LogP contribution in [0.4, 0.5) is 0 Å². The number of aliphatic carboxylic acids is 1. The van der Waals surface area contributed by atoms with Crippen LogP contribution in [0, 0.1) is 6.92 Å². The van der Waals surface area contributed by atoms with Crippen molar-refractivity contribution in [2.75, 3.05) is 6.61 Å². The summed E-state index contributed by atoms with van der Waals surface area (Å²) in [6.07, 6.45) is 0. The lowest BCUT2D eigenvalue weighted by Crippen LogP contribution is -2.21. The third-order valence-corrected chi connectivity index (χ3v) is 1.97. The van der Waals surface area contributed by atoms with E-state index in [9.17, 15) is 4.79 Å². The Kier molecular flexibility index (Phi) is 3.77. The van der Waals surface area contributed by atoms with E-state index in [-0.39, 0.29) is 6.61 Å². The molecule has 0 fully saturated rings. The maximum absolute atomic E-state index is 10.4. The molecule has 1 aromatic carbocycles. The maximum Gasteiger partial charge on any atom is 0.325 e. The van der Waals surface area contributed by atoms with Gasteiger partial charge in [-0.1, -0.05) is 12.1 Å². The molecule has 0 heterocycles. The molecule has 76 valence electrons. The van der Waals surface area contributed by atoms with Crippen LogP contribution in [0.25, 0.3) is 0 Å². The lowest BCUT2D eigenvalue weighted by atomic mass is 10.2. The van der Waals surface area contributed by atoms with Gasteiger partial charge < -0.3 is 9.84 Å². The molecule has 1 rings (SSSR count). The minimum absolute atomic E-state index is 0.0274. The fourth-order valence-electron chi connectivity index (χ4n) is 0.946. The summed E-state index contributed by atoms with van der Waals surface area (Å²) in [4.78, 5) is 10.4. The number of carboxylic acid groups (broad SMARTS) is 1. The van der Waals surface area contributed by atoms with Gasteiger partial charge in [0.2, 0.25) is 0 Å². The number of halogens is 1. The van der Waals surface area contributed by atoms with E-state index in [1.165, 1.54) is 0 Å². The number of aryl methyl sites for hydroxylation is 1. The standard InChI is InChI=1S/C10H11ClO3/c1-7-3-2-4-8(5-7)14-6-9(11)10(12)13/h2-5,9H,6H2,1H3,(H,12,13). The largest absolute Gasteiger partial charge is 0.491 e. The van der Waals surface area contributed by atoms with Crippen molar-refractivity contribution in [2.24, 2.45) is 0 Å². The van der Waals surface area contributed by atoms with Crippen LogP contribution in [0.3, 0.4) is 0 Å². The van der Waals surface area contributed by atoms with Gasteiger partial charge in [0.05, 0.1) is 0 Å². The first-order valence-corrected chi connectivity index (χ1v) is 4.59. The number of hydrogen-bond donors (Lipinski definition) is 1. The summed E-state index contributed by atoms with van der Waals surface area (Å²) in [7, 11) is 0. The number of ether oxygens (including phenoxy) is 1. The molecule has 0 saturated carbocycles. The molecule has 1 unspecified atom stereocenters. The summed E-state index contributed by atoms with van der Waals surface area (Å²) in [5.74, 6) is -0.434. The van der Waals surface area contributed by atoms with Crippen LogP contribution in [0.1, 0.15) is 5.56 Å². The second-order valence-corrected chi connectivity index (χ2v) is 3.46. The number of hydrogen-bond acceptors (Lipinski definition) is 2. The quantitative estimate of drug-likeness (QED) is 0.781. The summed E-state index contributed by atoms with van der Waals surface area (Å²) in [6, 6.07) is 7.36. The van der Waals surface area contributed by atoms with Gasteiger partial charge in [-0.15, -0.1) is 11.6 Å². The van der Waals surface area contributed by atoms with Crippen LogP contribution in [0.2, 0.25) is 0 Å². The summed E-state index contributed by atoms with van der Waals surface area (Å²) < 4.78 is 5.20. The van der Waals surface area contributed by atoms with Crippen LogP contribution < -0.4 is 4.74 Å². The normalized spacial score (nSPS) is 12.1. The van der Waals surface area contributed by atoms with Crippen LogP contribution in [0.15, 0.2) is 24.3 Å². The van der Waals surface area contributed by atoms with E-state index in [1.807, 2.05) is 25.1 Å². The monoisotopic (exact) mass is 214 g/mol. The second-order valence-electron chi connectivity index (χ2n) is 2.93. The highest BCUT2D eigenvalue weighted by Crippen LogP contribution is 2.13. The minimum Gasteiger partial charge on any atom is -0.491 e. The zero-order chi connectivity index (χ0) is 10.6. The number of alkyl halides is 1. The molecule has 3 nitrogen and oxygen atoms in total. The van der Waals surface area contributed by atoms with Gasteiger partial charge in [-0.3, -0.25) is 4.79 Å². The number of rotatable bonds is 4. The van der Waals surface area contributed by atoms with E-state index in [1.54, 1.807) is 6.07 Å². The Labute approximate surface area is 87.3 Å². The smallest absolute Gasteiger partial charge is 0.325 e. The molecule has 0 aliphatic heterocycles. The maximum atomic E-state index is 10.4. The molecule has 4 heteroatoms. The fourth-order valence-corrected chi connectivity index (χ4v) is 1.01. The van der Waals surface area contributed by atoms with E-state index in [0.717, 1.165) is 5.56 Å². The third kappa shape index (κ3) is 3.26. The van der Waals surface area contributed by atoms with Gasteiger partial charge in [0.1, 0.15) is 12.4 Å². The molecule has 0 saturated heterocycles. The van der Waals surface area contributed by atoms with Crippen molar-refractivity contribution in [3.8, 4) is 5.75 Å². The number of carbonyl (C=O) groups is 1. The molecule has 0 aliphatic carbocycles. The van der Waals surface area contributed by atoms with Crippen LogP contribution in [-0.2, 0) is 4.79 Å². The van der Waals surface area contributed by atoms with Crippen molar-refractivity contribution < 1.29 is 14.6 Å². The molecular formula is C10H11ClO3. The number of benzene rings is 1. The van der Waals surface area contributed by atoms with Gasteiger partial charge in [-0.25, -0.2) is 0 Å². The van der Waals surface area contributed by atoms with Crippen molar-refractivity contribution in [1.82, 2.24) is 0 Å². The Morgan fingerprint density at radius 1 is 1.64 bits per heavy atom. The van der Waals surface area contributed by atoms with Gasteiger partial charge in [0, 0.05) is 0 Å². The summed E-state index contributed by atoms with van der Waals surface area (Å²) in [5.41, 5.74) is 1.06. The molecule has 0 spiro atoms. The molecule has 14 heavy (non-hydrogen) atoms. The minimum atomic E-state index is -1.07. The van der Waals surface area contributed by atoms with Gasteiger partial charge >= 0.3 is 5.97 Å². The lowest BCUT2D eigenvalue weighted by molar-refractivity contribution is -0.137. The Bertz CT molecular complexity index is 325. The first kappa shape index (κ1) is 10.9. The lowest BCUT2D eigenvalue weighted by Gasteiger charge is -2.08. The average molecular weight is 215 g/mol. The zero-order valence-electron chi connectivity index (χ0n) is 7.74. The molecule has 1 aromatic rings. The fraction of sp³-hybridized carbons (Fsp3) is 0.300. The van der Waals surface area contributed by atoms with Crippen molar-refractivity contribution in [1.29, 1.82) is 0 Å². The van der Waals surface area contributed by atoms with E-state index >= 15 is 0 Å². The Morgan fingerprint density at radius 3 is 2.93 bits per heavy atom. The van der Waals surface area contributed by atoms with Gasteiger partial charge in [0.25, 0.3) is 0 Å². The summed E-state index contributed by atoms with van der Waals surface area (Å²) in [5, 5.41) is 7.50. The van der Waals surface area contributed by atoms with Crippen LogP contribution in [0.5, 0.6) is 5.75 Å². The average Bonchev–Trinajstić information content (AvgIpc) is 2.14. The molecule has 0 amide bonds. The third-order valence-electron chi connectivity index (χ3n) is 1.65. The van der Waals surface area contributed by atoms with Crippen LogP contribution >= 0.6 is 11.6 Å². The Balaban J connectivity index is 2.49. The molecule has 0 bridgehead atoms. The molecule has 0 aromatic heterocycles. The summed E-state index contributed by atoms with van der Waals surface area (Å²) in [6.45, 7) is 1.91. The first-order valence-electron chi connectivity index (χ1n) is 4.16. The van der Waals surface area contributed by atoms with E-state index in [0.29, 0.717) is 5.75 Å². The highest BCUT2D eigenvalue weighted by Gasteiger charge is 2.13. The topological polar surface area (TPSA) is 46.5 Å². The highest BCUT2D eigenvalue weighted by atomic mass is 35.5. The van der Waals surface area contributed by atoms with Gasteiger partial charge in [-0.2, -0.15) is 0 Å². The highest BCUT2D eigenvalue weighted by molar-refractivity contribution is 6.29. The van der Waals surface area contributed by atoms with E-state index in [4.69, 9.17) is 21.4 Å².